The lowest BCUT2D eigenvalue weighted by atomic mass is 10.1. The fourth-order valence-electron chi connectivity index (χ4n) is 2.68. The van der Waals surface area contributed by atoms with E-state index in [1.54, 1.807) is 24.8 Å². The molecule has 2 heterocycles. The van der Waals surface area contributed by atoms with Crippen LogP contribution in [-0.2, 0) is 9.53 Å². The number of pyridine rings is 1. The first-order valence-corrected chi connectivity index (χ1v) is 9.03. The highest BCUT2D eigenvalue weighted by molar-refractivity contribution is 7.99. The SMILES string of the molecule is CC1=NC(=Cc2cc3ccccc3nc2Sc2ccc(C)cc2)C(=O)O1. The lowest BCUT2D eigenvalue weighted by molar-refractivity contribution is -0.130. The molecule has 1 aromatic heterocycles. The topological polar surface area (TPSA) is 51.5 Å². The van der Waals surface area contributed by atoms with Crippen molar-refractivity contribution in [3.05, 3.63) is 71.4 Å². The zero-order chi connectivity index (χ0) is 18.1. The van der Waals surface area contributed by atoms with Crippen LogP contribution in [-0.4, -0.2) is 16.9 Å². The predicted molar refractivity (Wildman–Crippen MR) is 104 cm³/mol. The van der Waals surface area contributed by atoms with Crippen molar-refractivity contribution in [2.45, 2.75) is 23.8 Å². The molecule has 0 unspecified atom stereocenters. The summed E-state index contributed by atoms with van der Waals surface area (Å²) >= 11 is 1.57. The zero-order valence-corrected chi connectivity index (χ0v) is 15.2. The highest BCUT2D eigenvalue weighted by Gasteiger charge is 2.20. The molecular weight excluding hydrogens is 344 g/mol. The summed E-state index contributed by atoms with van der Waals surface area (Å²) in [6, 6.07) is 18.2. The molecule has 5 heteroatoms. The van der Waals surface area contributed by atoms with Gasteiger partial charge in [0.05, 0.1) is 5.52 Å². The van der Waals surface area contributed by atoms with Crippen molar-refractivity contribution in [1.82, 2.24) is 4.98 Å². The molecular formula is C21H16N2O2S. The van der Waals surface area contributed by atoms with Crippen LogP contribution >= 0.6 is 11.8 Å². The third kappa shape index (κ3) is 3.39. The van der Waals surface area contributed by atoms with E-state index in [2.05, 4.69) is 36.2 Å². The molecule has 4 rings (SSSR count). The number of esters is 1. The smallest absolute Gasteiger partial charge is 0.363 e. The maximum atomic E-state index is 11.9. The average molecular weight is 360 g/mol. The number of carbonyl (C=O) groups is 1. The van der Waals surface area contributed by atoms with Crippen LogP contribution in [0.2, 0.25) is 0 Å². The quantitative estimate of drug-likeness (QED) is 0.487. The first-order valence-electron chi connectivity index (χ1n) is 8.22. The first kappa shape index (κ1) is 16.5. The Morgan fingerprint density at radius 3 is 2.54 bits per heavy atom. The number of aryl methyl sites for hydroxylation is 1. The van der Waals surface area contributed by atoms with E-state index in [1.165, 1.54) is 5.56 Å². The molecule has 0 saturated carbocycles. The number of carbonyl (C=O) groups excluding carboxylic acids is 1. The van der Waals surface area contributed by atoms with Gasteiger partial charge >= 0.3 is 5.97 Å². The number of hydrogen-bond acceptors (Lipinski definition) is 5. The minimum Gasteiger partial charge on any atom is -0.407 e. The fourth-order valence-corrected chi connectivity index (χ4v) is 3.56. The molecule has 4 nitrogen and oxygen atoms in total. The summed E-state index contributed by atoms with van der Waals surface area (Å²) in [5.74, 6) is -0.0651. The molecule has 1 aliphatic rings. The van der Waals surface area contributed by atoms with Crippen LogP contribution in [0, 0.1) is 6.92 Å². The molecule has 0 aliphatic carbocycles. The Bertz CT molecular complexity index is 1070. The van der Waals surface area contributed by atoms with Crippen molar-refractivity contribution in [2.24, 2.45) is 4.99 Å². The number of hydrogen-bond donors (Lipinski definition) is 0. The van der Waals surface area contributed by atoms with Crippen LogP contribution in [0.5, 0.6) is 0 Å². The largest absolute Gasteiger partial charge is 0.407 e. The van der Waals surface area contributed by atoms with Gasteiger partial charge in [-0.3, -0.25) is 0 Å². The molecule has 0 radical (unpaired) electrons. The summed E-state index contributed by atoms with van der Waals surface area (Å²) in [6.07, 6.45) is 1.74. The second-order valence-electron chi connectivity index (χ2n) is 6.04. The molecule has 128 valence electrons. The van der Waals surface area contributed by atoms with Crippen LogP contribution in [0.3, 0.4) is 0 Å². The lowest BCUT2D eigenvalue weighted by Gasteiger charge is -2.08. The summed E-state index contributed by atoms with van der Waals surface area (Å²) in [5.41, 5.74) is 3.27. The zero-order valence-electron chi connectivity index (χ0n) is 14.4. The molecule has 0 saturated heterocycles. The number of aliphatic imine (C=N–C) groups is 1. The standard InChI is InChI=1S/C21H16N2O2S/c1-13-7-9-17(10-8-13)26-20-16(12-19-21(24)25-14(2)22-19)11-15-5-3-4-6-18(15)23-20/h3-12H,1-2H3. The molecule has 0 N–H and O–H groups in total. The molecule has 1 aliphatic heterocycles. The Kier molecular flexibility index (Phi) is 4.31. The van der Waals surface area contributed by atoms with E-state index in [0.29, 0.717) is 11.6 Å². The Balaban J connectivity index is 1.82. The van der Waals surface area contributed by atoms with Crippen molar-refractivity contribution in [3.63, 3.8) is 0 Å². The number of fused-ring (bicyclic) bond motifs is 1. The van der Waals surface area contributed by atoms with Gasteiger partial charge in [-0.2, -0.15) is 0 Å². The molecule has 2 aromatic carbocycles. The van der Waals surface area contributed by atoms with E-state index >= 15 is 0 Å². The Labute approximate surface area is 155 Å². The maximum absolute atomic E-state index is 11.9. The van der Waals surface area contributed by atoms with E-state index < -0.39 is 5.97 Å². The van der Waals surface area contributed by atoms with Crippen LogP contribution in [0.25, 0.3) is 17.0 Å². The Hall–Kier alpha value is -2.92. The maximum Gasteiger partial charge on any atom is 0.363 e. The summed E-state index contributed by atoms with van der Waals surface area (Å²) < 4.78 is 5.02. The summed E-state index contributed by atoms with van der Waals surface area (Å²) in [6.45, 7) is 3.73. The lowest BCUT2D eigenvalue weighted by Crippen LogP contribution is -2.00. The number of cyclic esters (lactones) is 1. The van der Waals surface area contributed by atoms with Gasteiger partial charge in [-0.05, 0) is 37.3 Å². The van der Waals surface area contributed by atoms with Crippen molar-refractivity contribution in [3.8, 4) is 0 Å². The second kappa shape index (κ2) is 6.77. The number of ether oxygens (including phenoxy) is 1. The third-order valence-corrected chi connectivity index (χ3v) is 5.00. The van der Waals surface area contributed by atoms with Crippen LogP contribution in [0.15, 0.2) is 75.2 Å². The number of benzene rings is 2. The molecule has 26 heavy (non-hydrogen) atoms. The van der Waals surface area contributed by atoms with Gasteiger partial charge in [0.25, 0.3) is 0 Å². The van der Waals surface area contributed by atoms with Crippen LogP contribution in [0.1, 0.15) is 18.1 Å². The molecule has 3 aromatic rings. The van der Waals surface area contributed by atoms with Crippen molar-refractivity contribution in [2.75, 3.05) is 0 Å². The molecule has 0 spiro atoms. The summed E-state index contributed by atoms with van der Waals surface area (Å²) in [5, 5.41) is 1.84. The number of rotatable bonds is 3. The predicted octanol–water partition coefficient (Wildman–Crippen LogP) is 5.01. The van der Waals surface area contributed by atoms with Gasteiger partial charge < -0.3 is 4.74 Å². The molecule has 0 fully saturated rings. The van der Waals surface area contributed by atoms with Crippen molar-refractivity contribution >= 4 is 40.6 Å². The number of aromatic nitrogens is 1. The van der Waals surface area contributed by atoms with E-state index in [9.17, 15) is 4.79 Å². The minimum absolute atomic E-state index is 0.297. The number of nitrogens with zero attached hydrogens (tertiary/aromatic N) is 2. The van der Waals surface area contributed by atoms with Gasteiger partial charge in [0, 0.05) is 22.8 Å². The van der Waals surface area contributed by atoms with Crippen LogP contribution < -0.4 is 0 Å². The first-order chi connectivity index (χ1) is 12.6. The Morgan fingerprint density at radius 1 is 1.04 bits per heavy atom. The molecule has 0 amide bonds. The molecule has 0 bridgehead atoms. The van der Waals surface area contributed by atoms with E-state index in [1.807, 2.05) is 30.3 Å². The van der Waals surface area contributed by atoms with Gasteiger partial charge in [0.1, 0.15) is 5.03 Å². The van der Waals surface area contributed by atoms with E-state index in [4.69, 9.17) is 9.72 Å². The number of para-hydroxylation sites is 1. The van der Waals surface area contributed by atoms with E-state index in [-0.39, 0.29) is 0 Å². The summed E-state index contributed by atoms with van der Waals surface area (Å²) in [7, 11) is 0. The highest BCUT2D eigenvalue weighted by Crippen LogP contribution is 2.33. The van der Waals surface area contributed by atoms with E-state index in [0.717, 1.165) is 26.4 Å². The minimum atomic E-state index is -0.429. The van der Waals surface area contributed by atoms with Crippen molar-refractivity contribution < 1.29 is 9.53 Å². The van der Waals surface area contributed by atoms with Gasteiger partial charge in [0.15, 0.2) is 11.6 Å². The van der Waals surface area contributed by atoms with Gasteiger partial charge in [-0.15, -0.1) is 0 Å². The second-order valence-corrected chi connectivity index (χ2v) is 7.10. The highest BCUT2D eigenvalue weighted by atomic mass is 32.2. The van der Waals surface area contributed by atoms with Gasteiger partial charge in [0.2, 0.25) is 0 Å². The monoisotopic (exact) mass is 360 g/mol. The normalized spacial score (nSPS) is 15.4. The average Bonchev–Trinajstić information content (AvgIpc) is 2.94. The molecule has 0 atom stereocenters. The van der Waals surface area contributed by atoms with Gasteiger partial charge in [-0.1, -0.05) is 47.7 Å². The Morgan fingerprint density at radius 2 is 1.81 bits per heavy atom. The van der Waals surface area contributed by atoms with Crippen molar-refractivity contribution in [1.29, 1.82) is 0 Å². The fraction of sp³-hybridized carbons (Fsp3) is 0.0952. The van der Waals surface area contributed by atoms with Crippen LogP contribution in [0.4, 0.5) is 0 Å². The summed E-state index contributed by atoms with van der Waals surface area (Å²) in [4.78, 5) is 22.0. The van der Waals surface area contributed by atoms with Gasteiger partial charge in [-0.25, -0.2) is 14.8 Å². The third-order valence-electron chi connectivity index (χ3n) is 3.97.